The molecule has 1 aromatic carbocycles. The molecular weight excluding hydrogens is 506 g/mol. The van der Waals surface area contributed by atoms with Gasteiger partial charge in [0.1, 0.15) is 24.4 Å². The molecule has 0 spiro atoms. The van der Waals surface area contributed by atoms with Gasteiger partial charge < -0.3 is 29.4 Å². The molecule has 0 aliphatic carbocycles. The summed E-state index contributed by atoms with van der Waals surface area (Å²) in [5, 5.41) is 0. The third kappa shape index (κ3) is 13.5. The Bertz CT molecular complexity index is 933. The zero-order valence-electron chi connectivity index (χ0n) is 24.2. The molecule has 1 rings (SSSR count). The van der Waals surface area contributed by atoms with Gasteiger partial charge in [0, 0.05) is 12.8 Å². The number of nitrogens with two attached hydrogens (primary N) is 1. The Morgan fingerprint density at radius 1 is 0.769 bits per heavy atom. The van der Waals surface area contributed by atoms with E-state index in [1.807, 2.05) is 20.8 Å². The van der Waals surface area contributed by atoms with E-state index in [-0.39, 0.29) is 36.9 Å². The van der Waals surface area contributed by atoms with E-state index >= 15 is 0 Å². The summed E-state index contributed by atoms with van der Waals surface area (Å²) in [4.78, 5) is 49.0. The molecule has 39 heavy (non-hydrogen) atoms. The summed E-state index contributed by atoms with van der Waals surface area (Å²) in [6.45, 7) is 10.9. The minimum atomic E-state index is -1.04. The highest BCUT2D eigenvalue weighted by molar-refractivity contribution is 5.77. The fourth-order valence-corrected chi connectivity index (χ4v) is 3.44. The lowest BCUT2D eigenvalue weighted by molar-refractivity contribution is -0.155. The molecule has 2 N–H and O–H groups in total. The number of hydrogen-bond donors (Lipinski definition) is 1. The Morgan fingerprint density at radius 2 is 1.33 bits per heavy atom. The molecule has 0 heterocycles. The molecule has 0 aromatic heterocycles. The molecule has 0 saturated heterocycles. The van der Waals surface area contributed by atoms with Crippen LogP contribution in [0.1, 0.15) is 98.5 Å². The first-order valence-corrected chi connectivity index (χ1v) is 13.9. The molecule has 0 aliphatic rings. The number of ether oxygens (including phenoxy) is 5. The van der Waals surface area contributed by atoms with E-state index in [4.69, 9.17) is 29.4 Å². The molecule has 0 bridgehead atoms. The van der Waals surface area contributed by atoms with E-state index in [0.717, 1.165) is 19.3 Å². The summed E-state index contributed by atoms with van der Waals surface area (Å²) in [5.41, 5.74) is 6.67. The first-order chi connectivity index (χ1) is 18.5. The van der Waals surface area contributed by atoms with Crippen molar-refractivity contribution in [2.45, 2.75) is 124 Å². The molecule has 0 fully saturated rings. The van der Waals surface area contributed by atoms with Gasteiger partial charge in [-0.3, -0.25) is 14.4 Å². The number of carbonyl (C=O) groups excluding carboxylic acids is 4. The minimum absolute atomic E-state index is 0.0704. The number of rotatable bonds is 17. The van der Waals surface area contributed by atoms with Crippen LogP contribution in [0.15, 0.2) is 18.2 Å². The maximum atomic E-state index is 12.6. The second kappa shape index (κ2) is 18.2. The van der Waals surface area contributed by atoms with Gasteiger partial charge in [0.2, 0.25) is 0 Å². The summed E-state index contributed by atoms with van der Waals surface area (Å²) in [6.07, 6.45) is 2.51. The van der Waals surface area contributed by atoms with E-state index in [9.17, 15) is 19.2 Å². The Kier molecular flexibility index (Phi) is 15.8. The molecule has 1 aromatic rings. The second-order valence-corrected chi connectivity index (χ2v) is 9.68. The van der Waals surface area contributed by atoms with E-state index < -0.39 is 42.3 Å². The summed E-state index contributed by atoms with van der Waals surface area (Å²) >= 11 is 0. The van der Waals surface area contributed by atoms with Crippen LogP contribution < -0.4 is 15.2 Å². The highest BCUT2D eigenvalue weighted by Crippen LogP contribution is 2.30. The molecule has 0 saturated carbocycles. The van der Waals surface area contributed by atoms with Crippen molar-refractivity contribution in [2.75, 3.05) is 0 Å². The van der Waals surface area contributed by atoms with Gasteiger partial charge in [-0.15, -0.1) is 0 Å². The van der Waals surface area contributed by atoms with Gasteiger partial charge in [-0.1, -0.05) is 46.1 Å². The first kappa shape index (κ1) is 33.9. The van der Waals surface area contributed by atoms with Crippen LogP contribution in [0.4, 0.5) is 4.79 Å². The van der Waals surface area contributed by atoms with Gasteiger partial charge in [-0.2, -0.15) is 0 Å². The minimum Gasteiger partial charge on any atom is -0.458 e. The van der Waals surface area contributed by atoms with Crippen LogP contribution >= 0.6 is 0 Å². The zero-order chi connectivity index (χ0) is 29.4. The van der Waals surface area contributed by atoms with Gasteiger partial charge in [-0.25, -0.2) is 4.79 Å². The number of benzene rings is 1. The van der Waals surface area contributed by atoms with Crippen molar-refractivity contribution in [1.82, 2.24) is 0 Å². The van der Waals surface area contributed by atoms with Crippen molar-refractivity contribution in [2.24, 2.45) is 5.73 Å². The van der Waals surface area contributed by atoms with Crippen molar-refractivity contribution in [3.05, 3.63) is 23.8 Å². The second-order valence-electron chi connectivity index (χ2n) is 9.68. The molecule has 220 valence electrons. The van der Waals surface area contributed by atoms with Gasteiger partial charge in [0.25, 0.3) is 0 Å². The van der Waals surface area contributed by atoms with Crippen LogP contribution in [0.25, 0.3) is 0 Å². The van der Waals surface area contributed by atoms with Crippen molar-refractivity contribution in [1.29, 1.82) is 0 Å². The van der Waals surface area contributed by atoms with Gasteiger partial charge >= 0.3 is 24.1 Å². The quantitative estimate of drug-likeness (QED) is 0.197. The third-order valence-electron chi connectivity index (χ3n) is 5.92. The van der Waals surface area contributed by atoms with Crippen molar-refractivity contribution < 1.29 is 42.9 Å². The summed E-state index contributed by atoms with van der Waals surface area (Å²) in [6, 6.07) is 3.64. The topological polar surface area (TPSA) is 140 Å². The molecule has 0 aliphatic heterocycles. The average molecular weight is 552 g/mol. The maximum absolute atomic E-state index is 12.6. The lowest BCUT2D eigenvalue weighted by atomic mass is 10.1. The highest BCUT2D eigenvalue weighted by atomic mass is 16.7. The van der Waals surface area contributed by atoms with E-state index in [0.29, 0.717) is 24.8 Å². The maximum Gasteiger partial charge on any atom is 0.508 e. The van der Waals surface area contributed by atoms with Crippen molar-refractivity contribution in [3.63, 3.8) is 0 Å². The smallest absolute Gasteiger partial charge is 0.458 e. The van der Waals surface area contributed by atoms with E-state index in [1.165, 1.54) is 12.1 Å². The summed E-state index contributed by atoms with van der Waals surface area (Å²) in [7, 11) is 0. The van der Waals surface area contributed by atoms with Crippen molar-refractivity contribution in [3.8, 4) is 11.5 Å². The van der Waals surface area contributed by atoms with Gasteiger partial charge in [-0.05, 0) is 64.2 Å². The fourth-order valence-electron chi connectivity index (χ4n) is 3.44. The predicted molar refractivity (Wildman–Crippen MR) is 145 cm³/mol. The van der Waals surface area contributed by atoms with Crippen LogP contribution in [0, 0.1) is 0 Å². The SMILES string of the molecule is CCCCC(=O)Oc1ccc(C[C@H](N)C(=O)O[C@@H](C)[C@H](C)OC(=O)OC(C)CCC)cc1OC(=O)CCCC. The molecule has 1 unspecified atom stereocenters. The molecule has 10 heteroatoms. The number of unbranched alkanes of at least 4 members (excludes halogenated alkanes) is 2. The summed E-state index contributed by atoms with van der Waals surface area (Å²) in [5.74, 6) is -1.35. The normalized spacial score (nSPS) is 13.9. The lowest BCUT2D eigenvalue weighted by Crippen LogP contribution is -2.39. The lowest BCUT2D eigenvalue weighted by Gasteiger charge is -2.23. The monoisotopic (exact) mass is 551 g/mol. The Morgan fingerprint density at radius 3 is 1.90 bits per heavy atom. The number of carbonyl (C=O) groups is 4. The standard InChI is InChI=1S/C29H45NO9/c1-7-10-13-26(31)38-24-16-15-22(18-25(24)39-27(32)14-11-8-2)17-23(30)28(33)36-20(5)21(6)37-29(34)35-19(4)12-9-3/h15-16,18-21,23H,7-14,17,30H2,1-6H3/t19?,20-,21-,23-/m0/s1. The van der Waals surface area contributed by atoms with Crippen LogP contribution in [-0.4, -0.2) is 48.4 Å². The highest BCUT2D eigenvalue weighted by Gasteiger charge is 2.26. The Labute approximate surface area is 231 Å². The number of esters is 3. The van der Waals surface area contributed by atoms with E-state index in [2.05, 4.69) is 0 Å². The van der Waals surface area contributed by atoms with Gasteiger partial charge in [0.15, 0.2) is 11.5 Å². The van der Waals surface area contributed by atoms with Crippen LogP contribution in [0.5, 0.6) is 11.5 Å². The average Bonchev–Trinajstić information content (AvgIpc) is 2.87. The van der Waals surface area contributed by atoms with Crippen molar-refractivity contribution >= 4 is 24.1 Å². The summed E-state index contributed by atoms with van der Waals surface area (Å²) < 4.78 is 26.7. The fraction of sp³-hybridized carbons (Fsp3) is 0.655. The third-order valence-corrected chi connectivity index (χ3v) is 5.92. The molecule has 4 atom stereocenters. The van der Waals surface area contributed by atoms with Gasteiger partial charge in [0.05, 0.1) is 0 Å². The molecule has 0 radical (unpaired) electrons. The predicted octanol–water partition coefficient (Wildman–Crippen LogP) is 5.41. The first-order valence-electron chi connectivity index (χ1n) is 13.9. The number of hydrogen-bond acceptors (Lipinski definition) is 10. The molecular formula is C29H45NO9. The molecule has 0 amide bonds. The van der Waals surface area contributed by atoms with Crippen LogP contribution in [0.2, 0.25) is 0 Å². The van der Waals surface area contributed by atoms with Crippen LogP contribution in [0.3, 0.4) is 0 Å². The Balaban J connectivity index is 2.83. The zero-order valence-corrected chi connectivity index (χ0v) is 24.2. The van der Waals surface area contributed by atoms with E-state index in [1.54, 1.807) is 26.8 Å². The largest absolute Gasteiger partial charge is 0.508 e. The Hall–Kier alpha value is -3.14. The van der Waals surface area contributed by atoms with Crippen LogP contribution in [-0.2, 0) is 35.0 Å². The molecule has 10 nitrogen and oxygen atoms in total.